The van der Waals surface area contributed by atoms with Gasteiger partial charge in [0.05, 0.1) is 0 Å². The molecule has 38 heavy (non-hydrogen) atoms. The van der Waals surface area contributed by atoms with E-state index in [4.69, 9.17) is 0 Å². The van der Waals surface area contributed by atoms with Crippen LogP contribution in [0.1, 0.15) is 76.7 Å². The highest BCUT2D eigenvalue weighted by atomic mass is 127. The van der Waals surface area contributed by atoms with Crippen LogP contribution in [-0.4, -0.2) is 0 Å². The number of thiol groups is 1. The molecule has 0 spiro atoms. The SMILES string of the molecule is CCCCCCCCCCCCc1ccc([SH](I)(c2ccccc2)(c2ccccc2)c2ccccc2)cc1. The van der Waals surface area contributed by atoms with Gasteiger partial charge in [0.2, 0.25) is 0 Å². The van der Waals surface area contributed by atoms with Gasteiger partial charge in [0.1, 0.15) is 0 Å². The average Bonchev–Trinajstić information content (AvgIpc) is 2.99. The van der Waals surface area contributed by atoms with E-state index in [9.17, 15) is 0 Å². The summed E-state index contributed by atoms with van der Waals surface area (Å²) < 4.78 is 0. The predicted molar refractivity (Wildman–Crippen MR) is 177 cm³/mol. The molecule has 0 aliphatic heterocycles. The van der Waals surface area contributed by atoms with Crippen molar-refractivity contribution >= 4 is 27.5 Å². The van der Waals surface area contributed by atoms with Gasteiger partial charge in [-0.25, -0.2) is 0 Å². The zero-order valence-electron chi connectivity index (χ0n) is 23.1. The Bertz CT molecular complexity index is 1100. The molecule has 0 radical (unpaired) electrons. The van der Waals surface area contributed by atoms with Crippen LogP contribution in [0.5, 0.6) is 0 Å². The van der Waals surface area contributed by atoms with Crippen LogP contribution < -0.4 is 0 Å². The molecule has 0 aromatic heterocycles. The van der Waals surface area contributed by atoms with Crippen LogP contribution in [0, 0.1) is 0 Å². The molecule has 4 aromatic carbocycles. The Morgan fingerprint density at radius 2 is 0.763 bits per heavy atom. The Morgan fingerprint density at radius 1 is 0.421 bits per heavy atom. The molecule has 0 fully saturated rings. The maximum Gasteiger partial charge on any atom is -0.00640 e. The van der Waals surface area contributed by atoms with Gasteiger partial charge in [-0.15, -0.1) is 0 Å². The first-order valence-electron chi connectivity index (χ1n) is 14.7. The van der Waals surface area contributed by atoms with Crippen molar-refractivity contribution < 1.29 is 0 Å². The molecule has 0 bridgehead atoms. The van der Waals surface area contributed by atoms with Gasteiger partial charge in [0, 0.05) is 0 Å². The number of rotatable bonds is 15. The van der Waals surface area contributed by atoms with Crippen molar-refractivity contribution in [3.05, 3.63) is 121 Å². The molecule has 0 saturated heterocycles. The smallest absolute Gasteiger partial charge is 0.00640 e. The van der Waals surface area contributed by atoms with Crippen LogP contribution in [0.2, 0.25) is 0 Å². The van der Waals surface area contributed by atoms with E-state index >= 15 is 0 Å². The molecule has 0 amide bonds. The molecule has 0 unspecified atom stereocenters. The lowest BCUT2D eigenvalue weighted by atomic mass is 10.0. The number of benzene rings is 4. The molecule has 0 aliphatic carbocycles. The minimum atomic E-state index is -2.94. The van der Waals surface area contributed by atoms with E-state index < -0.39 is 6.33 Å². The van der Waals surface area contributed by atoms with Crippen LogP contribution in [0.25, 0.3) is 0 Å². The lowest BCUT2D eigenvalue weighted by Crippen LogP contribution is -2.14. The molecule has 0 nitrogen and oxygen atoms in total. The first-order chi connectivity index (χ1) is 18.7. The van der Waals surface area contributed by atoms with E-state index in [2.05, 4.69) is 143 Å². The van der Waals surface area contributed by atoms with Gasteiger partial charge in [-0.2, -0.15) is 6.33 Å². The molecule has 202 valence electrons. The summed E-state index contributed by atoms with van der Waals surface area (Å²) in [7, 11) is 0. The van der Waals surface area contributed by atoms with E-state index in [0.29, 0.717) is 0 Å². The Morgan fingerprint density at radius 3 is 1.16 bits per heavy atom. The second kappa shape index (κ2) is 14.4. The molecule has 0 aliphatic rings. The molecule has 2 heteroatoms. The van der Waals surface area contributed by atoms with E-state index in [1.54, 1.807) is 0 Å². The van der Waals surface area contributed by atoms with Crippen LogP contribution in [-0.2, 0) is 6.42 Å². The molecule has 0 saturated carbocycles. The van der Waals surface area contributed by atoms with Gasteiger partial charge in [0.25, 0.3) is 0 Å². The third-order valence-corrected chi connectivity index (χ3v) is 19.7. The zero-order valence-corrected chi connectivity index (χ0v) is 26.1. The van der Waals surface area contributed by atoms with Crippen LogP contribution >= 0.6 is 27.5 Å². The minimum absolute atomic E-state index is 1.18. The van der Waals surface area contributed by atoms with Gasteiger partial charge in [0.15, 0.2) is 0 Å². The van der Waals surface area contributed by atoms with E-state index in [1.165, 1.54) is 95.8 Å². The molecular formula is C36H45IS. The fraction of sp³-hybridized carbons (Fsp3) is 0.333. The van der Waals surface area contributed by atoms with Crippen molar-refractivity contribution in [2.45, 2.75) is 97.1 Å². The van der Waals surface area contributed by atoms with Gasteiger partial charge >= 0.3 is 0 Å². The summed E-state index contributed by atoms with van der Waals surface area (Å²) >= 11 is 2.87. The lowest BCUT2D eigenvalue weighted by molar-refractivity contribution is 0.556. The van der Waals surface area contributed by atoms with Crippen molar-refractivity contribution in [1.29, 1.82) is 0 Å². The van der Waals surface area contributed by atoms with Crippen molar-refractivity contribution in [1.82, 2.24) is 0 Å². The predicted octanol–water partition coefficient (Wildman–Crippen LogP) is 12.1. The van der Waals surface area contributed by atoms with Crippen LogP contribution in [0.3, 0.4) is 0 Å². The fourth-order valence-corrected chi connectivity index (χ4v) is 14.3. The van der Waals surface area contributed by atoms with Crippen molar-refractivity contribution in [2.24, 2.45) is 0 Å². The zero-order chi connectivity index (χ0) is 26.5. The van der Waals surface area contributed by atoms with Crippen molar-refractivity contribution in [3.8, 4) is 0 Å². The first kappa shape index (κ1) is 29.0. The molecule has 0 atom stereocenters. The fourth-order valence-electron chi connectivity index (χ4n) is 5.78. The summed E-state index contributed by atoms with van der Waals surface area (Å²) in [6.45, 7) is 2.29. The normalized spacial score (nSPS) is 12.6. The van der Waals surface area contributed by atoms with E-state index in [1.807, 2.05) is 0 Å². The Balaban J connectivity index is 1.54. The summed E-state index contributed by atoms with van der Waals surface area (Å²) in [5.74, 6) is 0. The molecule has 0 heterocycles. The molecule has 4 aromatic rings. The monoisotopic (exact) mass is 636 g/mol. The maximum atomic E-state index is 2.87. The Kier molecular flexibility index (Phi) is 11.0. The summed E-state index contributed by atoms with van der Waals surface area (Å²) in [5.41, 5.74) is 1.46. The van der Waals surface area contributed by atoms with Gasteiger partial charge < -0.3 is 0 Å². The topological polar surface area (TPSA) is 0 Å². The van der Waals surface area contributed by atoms with Crippen LogP contribution in [0.15, 0.2) is 135 Å². The summed E-state index contributed by atoms with van der Waals surface area (Å²) in [6.07, 6.45) is 12.1. The third-order valence-electron chi connectivity index (χ3n) is 7.96. The summed E-state index contributed by atoms with van der Waals surface area (Å²) in [4.78, 5) is 5.63. The second-order valence-corrected chi connectivity index (χ2v) is 20.5. The van der Waals surface area contributed by atoms with Crippen molar-refractivity contribution in [3.63, 3.8) is 0 Å². The summed E-state index contributed by atoms with van der Waals surface area (Å²) in [5, 5.41) is 0. The quantitative estimate of drug-likeness (QED) is 0.0749. The highest BCUT2D eigenvalue weighted by Gasteiger charge is 2.45. The Hall–Kier alpha value is -2.04. The number of hydrogen-bond donors (Lipinski definition) is 1. The van der Waals surface area contributed by atoms with Gasteiger partial charge in [-0.05, 0) is 71.3 Å². The van der Waals surface area contributed by atoms with Crippen LogP contribution in [0.4, 0.5) is 0 Å². The molecule has 0 N–H and O–H groups in total. The highest BCUT2D eigenvalue weighted by Crippen LogP contribution is 2.95. The average molecular weight is 637 g/mol. The standard InChI is InChI=1S/C36H45IS/c1-2-3-4-5-6-7-8-9-10-14-21-32-28-30-36(31-29-32)38(37,33-22-15-11-16-23-33,34-24-17-12-18-25-34)35-26-19-13-20-27-35/h11-13,15-20,22-31,38H,2-10,14,21H2,1H3. The van der Waals surface area contributed by atoms with Gasteiger partial charge in [-0.3, -0.25) is 0 Å². The minimum Gasteiger partial charge on any atom is -0.157 e. The Labute approximate surface area is 244 Å². The van der Waals surface area contributed by atoms with E-state index in [0.717, 1.165) is 0 Å². The first-order valence-corrected chi connectivity index (χ1v) is 19.7. The van der Waals surface area contributed by atoms with E-state index in [-0.39, 0.29) is 0 Å². The summed E-state index contributed by atoms with van der Waals surface area (Å²) in [6, 6.07) is 43.2. The van der Waals surface area contributed by atoms with Gasteiger partial charge in [-0.1, -0.05) is 168 Å². The lowest BCUT2D eigenvalue weighted by Gasteiger charge is -2.58. The number of unbranched alkanes of at least 4 members (excludes halogenated alkanes) is 9. The molecular weight excluding hydrogens is 591 g/mol. The largest absolute Gasteiger partial charge is 0.157 e. The number of halogens is 1. The third kappa shape index (κ3) is 6.39. The maximum absolute atomic E-state index is 2.94. The van der Waals surface area contributed by atoms with Crippen molar-refractivity contribution in [2.75, 3.05) is 0 Å². The second-order valence-electron chi connectivity index (χ2n) is 10.6. The number of hydrogen-bond acceptors (Lipinski definition) is 0. The highest BCUT2D eigenvalue weighted by molar-refractivity contribution is 14.2. The number of aryl methyl sites for hydroxylation is 1. The molecule has 4 rings (SSSR count).